The van der Waals surface area contributed by atoms with Gasteiger partial charge in [0.1, 0.15) is 5.82 Å². The molecule has 134 valence electrons. The number of hydrogen-bond donors (Lipinski definition) is 1. The third-order valence-electron chi connectivity index (χ3n) is 3.96. The van der Waals surface area contributed by atoms with Gasteiger partial charge in [0.05, 0.1) is 6.42 Å². The van der Waals surface area contributed by atoms with Gasteiger partial charge in [-0.2, -0.15) is 0 Å². The summed E-state index contributed by atoms with van der Waals surface area (Å²) in [6.07, 6.45) is 0.222. The molecule has 0 unspecified atom stereocenters. The van der Waals surface area contributed by atoms with Gasteiger partial charge in [0.15, 0.2) is 0 Å². The van der Waals surface area contributed by atoms with Crippen LogP contribution in [-0.2, 0) is 6.42 Å². The average Bonchev–Trinajstić information content (AvgIpc) is 3.11. The van der Waals surface area contributed by atoms with Crippen LogP contribution in [0, 0.1) is 5.82 Å². The molecule has 0 bridgehead atoms. The Bertz CT molecular complexity index is 899. The van der Waals surface area contributed by atoms with E-state index in [0.29, 0.717) is 12.1 Å². The lowest BCUT2D eigenvalue weighted by Gasteiger charge is -2.11. The Hall–Kier alpha value is -2.73. The molecule has 1 amide bonds. The SMILES string of the molecule is C[C@H](CNC(=O)c1nnc(Cc2ccc(F)cc2Cl)o1)c1ccccc1. The van der Waals surface area contributed by atoms with Gasteiger partial charge in [-0.15, -0.1) is 10.2 Å². The fourth-order valence-electron chi connectivity index (χ4n) is 2.47. The summed E-state index contributed by atoms with van der Waals surface area (Å²) in [5, 5.41) is 10.7. The summed E-state index contributed by atoms with van der Waals surface area (Å²) in [7, 11) is 0. The van der Waals surface area contributed by atoms with Gasteiger partial charge in [-0.1, -0.05) is 54.9 Å². The molecule has 0 radical (unpaired) electrons. The number of benzene rings is 2. The molecule has 0 aliphatic rings. The van der Waals surface area contributed by atoms with Crippen LogP contribution in [0.2, 0.25) is 5.02 Å². The quantitative estimate of drug-likeness (QED) is 0.709. The van der Waals surface area contributed by atoms with Crippen molar-refractivity contribution in [3.63, 3.8) is 0 Å². The number of aromatic nitrogens is 2. The van der Waals surface area contributed by atoms with E-state index in [9.17, 15) is 9.18 Å². The van der Waals surface area contributed by atoms with Crippen LogP contribution < -0.4 is 5.32 Å². The highest BCUT2D eigenvalue weighted by atomic mass is 35.5. The molecule has 0 spiro atoms. The van der Waals surface area contributed by atoms with Crippen molar-refractivity contribution in [3.05, 3.63) is 82.3 Å². The highest BCUT2D eigenvalue weighted by Crippen LogP contribution is 2.20. The van der Waals surface area contributed by atoms with Gasteiger partial charge in [0, 0.05) is 11.6 Å². The molecule has 0 fully saturated rings. The maximum Gasteiger partial charge on any atom is 0.308 e. The first-order valence-electron chi connectivity index (χ1n) is 8.12. The Morgan fingerprint density at radius 3 is 2.73 bits per heavy atom. The summed E-state index contributed by atoms with van der Waals surface area (Å²) in [6, 6.07) is 13.9. The zero-order chi connectivity index (χ0) is 18.5. The molecular formula is C19H17ClFN3O2. The van der Waals surface area contributed by atoms with Crippen LogP contribution in [0.3, 0.4) is 0 Å². The first-order valence-corrected chi connectivity index (χ1v) is 8.50. The van der Waals surface area contributed by atoms with Crippen LogP contribution in [0.15, 0.2) is 52.9 Å². The molecule has 1 heterocycles. The van der Waals surface area contributed by atoms with Crippen molar-refractivity contribution in [2.75, 3.05) is 6.54 Å². The Labute approximate surface area is 155 Å². The van der Waals surface area contributed by atoms with E-state index in [1.165, 1.54) is 12.1 Å². The Morgan fingerprint density at radius 2 is 2.00 bits per heavy atom. The van der Waals surface area contributed by atoms with Crippen LogP contribution in [0.1, 0.15) is 40.5 Å². The molecule has 1 atom stereocenters. The van der Waals surface area contributed by atoms with Crippen molar-refractivity contribution >= 4 is 17.5 Å². The molecule has 1 aromatic heterocycles. The lowest BCUT2D eigenvalue weighted by molar-refractivity contribution is 0.0915. The van der Waals surface area contributed by atoms with Crippen LogP contribution in [0.5, 0.6) is 0 Å². The van der Waals surface area contributed by atoms with Gasteiger partial charge >= 0.3 is 11.8 Å². The van der Waals surface area contributed by atoms with E-state index in [0.717, 1.165) is 5.56 Å². The van der Waals surface area contributed by atoms with E-state index in [-0.39, 0.29) is 29.1 Å². The minimum Gasteiger partial charge on any atom is -0.417 e. The zero-order valence-electron chi connectivity index (χ0n) is 14.1. The Morgan fingerprint density at radius 1 is 1.23 bits per heavy atom. The molecule has 0 saturated carbocycles. The number of nitrogens with one attached hydrogen (secondary N) is 1. The fourth-order valence-corrected chi connectivity index (χ4v) is 2.70. The summed E-state index contributed by atoms with van der Waals surface area (Å²) in [4.78, 5) is 12.2. The van der Waals surface area contributed by atoms with Gasteiger partial charge in [-0.3, -0.25) is 4.79 Å². The number of halogens is 2. The number of rotatable bonds is 6. The second kappa shape index (κ2) is 8.10. The van der Waals surface area contributed by atoms with Crippen molar-refractivity contribution in [2.45, 2.75) is 19.3 Å². The molecule has 3 aromatic rings. The lowest BCUT2D eigenvalue weighted by atomic mass is 10.0. The highest BCUT2D eigenvalue weighted by molar-refractivity contribution is 6.31. The first-order chi connectivity index (χ1) is 12.5. The normalized spacial score (nSPS) is 12.0. The van der Waals surface area contributed by atoms with Crippen molar-refractivity contribution < 1.29 is 13.6 Å². The van der Waals surface area contributed by atoms with Crippen molar-refractivity contribution in [3.8, 4) is 0 Å². The predicted octanol–water partition coefficient (Wildman–Crippen LogP) is 3.99. The summed E-state index contributed by atoms with van der Waals surface area (Å²) in [5.74, 6) is -0.576. The van der Waals surface area contributed by atoms with Crippen molar-refractivity contribution in [2.24, 2.45) is 0 Å². The number of carbonyl (C=O) groups is 1. The summed E-state index contributed by atoms with van der Waals surface area (Å²) in [5.41, 5.74) is 1.77. The molecule has 7 heteroatoms. The monoisotopic (exact) mass is 373 g/mol. The first kappa shape index (κ1) is 18.1. The molecule has 2 aromatic carbocycles. The summed E-state index contributed by atoms with van der Waals surface area (Å²) >= 11 is 5.98. The van der Waals surface area contributed by atoms with E-state index in [2.05, 4.69) is 15.5 Å². The average molecular weight is 374 g/mol. The van der Waals surface area contributed by atoms with Crippen molar-refractivity contribution in [1.82, 2.24) is 15.5 Å². The lowest BCUT2D eigenvalue weighted by Crippen LogP contribution is -2.27. The van der Waals surface area contributed by atoms with E-state index >= 15 is 0 Å². The minimum atomic E-state index is -0.434. The third kappa shape index (κ3) is 4.46. The molecule has 5 nitrogen and oxygen atoms in total. The van der Waals surface area contributed by atoms with E-state index in [4.69, 9.17) is 16.0 Å². The van der Waals surface area contributed by atoms with Crippen LogP contribution in [0.25, 0.3) is 0 Å². The molecule has 0 aliphatic heterocycles. The third-order valence-corrected chi connectivity index (χ3v) is 4.31. The molecule has 26 heavy (non-hydrogen) atoms. The van der Waals surface area contributed by atoms with Crippen LogP contribution >= 0.6 is 11.6 Å². The zero-order valence-corrected chi connectivity index (χ0v) is 14.8. The summed E-state index contributed by atoms with van der Waals surface area (Å²) in [6.45, 7) is 2.47. The van der Waals surface area contributed by atoms with E-state index < -0.39 is 11.7 Å². The maximum absolute atomic E-state index is 13.1. The smallest absolute Gasteiger partial charge is 0.308 e. The molecule has 1 N–H and O–H groups in total. The molecule has 0 aliphatic carbocycles. The molecule has 0 saturated heterocycles. The van der Waals surface area contributed by atoms with E-state index in [1.54, 1.807) is 6.07 Å². The molecular weight excluding hydrogens is 357 g/mol. The van der Waals surface area contributed by atoms with Gasteiger partial charge in [-0.25, -0.2) is 4.39 Å². The fraction of sp³-hybridized carbons (Fsp3) is 0.211. The number of hydrogen-bond acceptors (Lipinski definition) is 4. The topological polar surface area (TPSA) is 68.0 Å². The maximum atomic E-state index is 13.1. The number of amides is 1. The second-order valence-corrected chi connectivity index (χ2v) is 6.34. The standard InChI is InChI=1S/C19H17ClFN3O2/c1-12(13-5-3-2-4-6-13)11-22-18(25)19-24-23-17(26-19)9-14-7-8-15(21)10-16(14)20/h2-8,10,12H,9,11H2,1H3,(H,22,25)/t12-/m1/s1. The second-order valence-electron chi connectivity index (χ2n) is 5.94. The van der Waals surface area contributed by atoms with Crippen LogP contribution in [-0.4, -0.2) is 22.6 Å². The molecule has 3 rings (SSSR count). The largest absolute Gasteiger partial charge is 0.417 e. The van der Waals surface area contributed by atoms with Gasteiger partial charge in [0.25, 0.3) is 0 Å². The van der Waals surface area contributed by atoms with Crippen molar-refractivity contribution in [1.29, 1.82) is 0 Å². The highest BCUT2D eigenvalue weighted by Gasteiger charge is 2.17. The summed E-state index contributed by atoms with van der Waals surface area (Å²) < 4.78 is 18.5. The number of nitrogens with zero attached hydrogens (tertiary/aromatic N) is 2. The minimum absolute atomic E-state index is 0.113. The Kier molecular flexibility index (Phi) is 5.63. The van der Waals surface area contributed by atoms with Gasteiger partial charge < -0.3 is 9.73 Å². The Balaban J connectivity index is 1.59. The predicted molar refractivity (Wildman–Crippen MR) is 95.7 cm³/mol. The van der Waals surface area contributed by atoms with Crippen LogP contribution in [0.4, 0.5) is 4.39 Å². The van der Waals surface area contributed by atoms with E-state index in [1.807, 2.05) is 37.3 Å². The van der Waals surface area contributed by atoms with Gasteiger partial charge in [-0.05, 0) is 29.2 Å². The number of carbonyl (C=O) groups excluding carboxylic acids is 1. The van der Waals surface area contributed by atoms with Gasteiger partial charge in [0.2, 0.25) is 5.89 Å².